The lowest BCUT2D eigenvalue weighted by Gasteiger charge is -2.08. The number of hydrogen-bond donors (Lipinski definition) is 2. The van der Waals surface area contributed by atoms with Crippen molar-refractivity contribution in [2.45, 2.75) is 12.6 Å². The number of anilines is 1. The first kappa shape index (κ1) is 14.6. The van der Waals surface area contributed by atoms with Crippen LogP contribution in [0.4, 0.5) is 19.0 Å². The molecule has 0 aromatic carbocycles. The van der Waals surface area contributed by atoms with Gasteiger partial charge in [0, 0.05) is 19.8 Å². The number of aromatic nitrogens is 1. The molecular formula is C10H11ClF3N3O. The number of amides is 1. The van der Waals surface area contributed by atoms with Crippen molar-refractivity contribution >= 4 is 23.3 Å². The normalized spacial score (nSPS) is 11.2. The molecule has 0 spiro atoms. The summed E-state index contributed by atoms with van der Waals surface area (Å²) in [5.74, 6) is -0.250. The number of carbonyl (C=O) groups excluding carboxylic acids is 1. The summed E-state index contributed by atoms with van der Waals surface area (Å²) in [6, 6.07) is 1.34. The predicted molar refractivity (Wildman–Crippen MR) is 61.8 cm³/mol. The number of hydrogen-bond acceptors (Lipinski definition) is 3. The zero-order chi connectivity index (χ0) is 13.8. The van der Waals surface area contributed by atoms with Crippen LogP contribution in [0.15, 0.2) is 12.3 Å². The van der Waals surface area contributed by atoms with Gasteiger partial charge in [0.1, 0.15) is 5.82 Å². The van der Waals surface area contributed by atoms with Gasteiger partial charge in [-0.2, -0.15) is 13.2 Å². The highest BCUT2D eigenvalue weighted by atomic mass is 35.5. The molecule has 0 aliphatic rings. The van der Waals surface area contributed by atoms with Crippen LogP contribution >= 0.6 is 11.6 Å². The lowest BCUT2D eigenvalue weighted by molar-refractivity contribution is -0.132. The minimum atomic E-state index is -4.29. The summed E-state index contributed by atoms with van der Waals surface area (Å²) in [6.07, 6.45) is -4.13. The summed E-state index contributed by atoms with van der Waals surface area (Å²) < 4.78 is 35.6. The second-order valence-corrected chi connectivity index (χ2v) is 3.83. The van der Waals surface area contributed by atoms with Gasteiger partial charge >= 0.3 is 6.18 Å². The molecule has 1 amide bonds. The fraction of sp³-hybridized carbons (Fsp3) is 0.400. The number of nitrogens with zero attached hydrogens (tertiary/aromatic N) is 1. The average molecular weight is 282 g/mol. The van der Waals surface area contributed by atoms with Crippen LogP contribution in [0, 0.1) is 0 Å². The fourth-order valence-electron chi connectivity index (χ4n) is 1.17. The lowest BCUT2D eigenvalue weighted by Crippen LogP contribution is -2.28. The van der Waals surface area contributed by atoms with Gasteiger partial charge in [-0.15, -0.1) is 0 Å². The van der Waals surface area contributed by atoms with Crippen LogP contribution in [-0.2, 0) is 0 Å². The summed E-state index contributed by atoms with van der Waals surface area (Å²) in [5.41, 5.74) is 0.112. The van der Waals surface area contributed by atoms with Crippen molar-refractivity contribution in [3.63, 3.8) is 0 Å². The van der Waals surface area contributed by atoms with E-state index < -0.39 is 25.0 Å². The van der Waals surface area contributed by atoms with Gasteiger partial charge in [-0.1, -0.05) is 11.6 Å². The molecule has 0 atom stereocenters. The number of rotatable bonds is 4. The molecule has 0 fully saturated rings. The first-order chi connectivity index (χ1) is 8.33. The fourth-order valence-corrected chi connectivity index (χ4v) is 1.43. The van der Waals surface area contributed by atoms with Crippen molar-refractivity contribution in [3.05, 3.63) is 22.8 Å². The largest absolute Gasteiger partial charge is 0.390 e. The van der Waals surface area contributed by atoms with Crippen molar-refractivity contribution in [1.82, 2.24) is 10.3 Å². The first-order valence-electron chi connectivity index (χ1n) is 5.01. The Morgan fingerprint density at radius 1 is 1.50 bits per heavy atom. The Morgan fingerprint density at radius 3 is 2.67 bits per heavy atom. The van der Waals surface area contributed by atoms with E-state index in [0.717, 1.165) is 0 Å². The maximum atomic E-state index is 11.9. The van der Waals surface area contributed by atoms with Crippen LogP contribution in [0.2, 0.25) is 5.02 Å². The number of carbonyl (C=O) groups is 1. The average Bonchev–Trinajstić information content (AvgIpc) is 2.27. The van der Waals surface area contributed by atoms with Gasteiger partial charge in [0.05, 0.1) is 17.0 Å². The molecule has 100 valence electrons. The zero-order valence-electron chi connectivity index (χ0n) is 9.44. The van der Waals surface area contributed by atoms with Gasteiger partial charge in [-0.3, -0.25) is 4.79 Å². The van der Waals surface area contributed by atoms with Gasteiger partial charge in [-0.25, -0.2) is 4.98 Å². The first-order valence-corrected chi connectivity index (χ1v) is 5.39. The zero-order valence-corrected chi connectivity index (χ0v) is 10.2. The van der Waals surface area contributed by atoms with E-state index in [2.05, 4.69) is 15.6 Å². The van der Waals surface area contributed by atoms with E-state index in [-0.39, 0.29) is 10.6 Å². The third-order valence-corrected chi connectivity index (χ3v) is 2.32. The molecule has 0 unspecified atom stereocenters. The molecule has 0 saturated heterocycles. The third kappa shape index (κ3) is 4.40. The summed E-state index contributed by atoms with van der Waals surface area (Å²) in [4.78, 5) is 15.3. The Labute approximate surface area is 107 Å². The van der Waals surface area contributed by atoms with Crippen LogP contribution in [0.1, 0.15) is 16.8 Å². The summed E-state index contributed by atoms with van der Waals surface area (Å²) in [5, 5.41) is 5.07. The lowest BCUT2D eigenvalue weighted by atomic mass is 10.2. The molecule has 1 heterocycles. The second-order valence-electron chi connectivity index (χ2n) is 3.43. The minimum absolute atomic E-state index is 0.112. The van der Waals surface area contributed by atoms with Crippen molar-refractivity contribution < 1.29 is 18.0 Å². The van der Waals surface area contributed by atoms with Gasteiger partial charge in [0.25, 0.3) is 5.91 Å². The van der Waals surface area contributed by atoms with Crippen LogP contribution in [-0.4, -0.2) is 30.7 Å². The topological polar surface area (TPSA) is 54.0 Å². The van der Waals surface area contributed by atoms with Gasteiger partial charge in [0.2, 0.25) is 0 Å². The molecule has 0 aliphatic heterocycles. The molecule has 2 N–H and O–H groups in total. The number of pyridine rings is 1. The van der Waals surface area contributed by atoms with Crippen LogP contribution in [0.5, 0.6) is 0 Å². The Morgan fingerprint density at radius 2 is 2.17 bits per heavy atom. The highest BCUT2D eigenvalue weighted by molar-refractivity contribution is 6.33. The van der Waals surface area contributed by atoms with Crippen LogP contribution in [0.25, 0.3) is 0 Å². The number of alkyl halides is 3. The van der Waals surface area contributed by atoms with Crippen LogP contribution in [0.3, 0.4) is 0 Å². The molecule has 0 bridgehead atoms. The number of nitrogens with one attached hydrogen (secondary N) is 2. The second kappa shape index (κ2) is 5.90. The van der Waals surface area contributed by atoms with Crippen LogP contribution < -0.4 is 10.6 Å². The summed E-state index contributed by atoms with van der Waals surface area (Å²) in [6.45, 7) is -0.478. The minimum Gasteiger partial charge on any atom is -0.372 e. The van der Waals surface area contributed by atoms with E-state index in [1.165, 1.54) is 12.3 Å². The summed E-state index contributed by atoms with van der Waals surface area (Å²) >= 11 is 5.80. The van der Waals surface area contributed by atoms with Gasteiger partial charge in [-0.05, 0) is 6.07 Å². The Bertz CT molecular complexity index is 437. The molecule has 0 aliphatic carbocycles. The monoisotopic (exact) mass is 281 g/mol. The SMILES string of the molecule is CNc1ncc(C(=O)NCCC(F)(F)F)cc1Cl. The molecule has 18 heavy (non-hydrogen) atoms. The third-order valence-electron chi connectivity index (χ3n) is 2.03. The number of halogens is 4. The van der Waals surface area contributed by atoms with Crippen molar-refractivity contribution in [2.24, 2.45) is 0 Å². The maximum absolute atomic E-state index is 11.9. The molecule has 1 rings (SSSR count). The van der Waals surface area contributed by atoms with Crippen molar-refractivity contribution in [1.29, 1.82) is 0 Å². The van der Waals surface area contributed by atoms with E-state index in [9.17, 15) is 18.0 Å². The molecule has 4 nitrogen and oxygen atoms in total. The standard InChI is InChI=1S/C10H11ClF3N3O/c1-15-8-7(11)4-6(5-17-8)9(18)16-3-2-10(12,13)14/h4-5H,2-3H2,1H3,(H,15,17)(H,16,18). The van der Waals surface area contributed by atoms with E-state index in [4.69, 9.17) is 11.6 Å². The van der Waals surface area contributed by atoms with E-state index in [0.29, 0.717) is 5.82 Å². The van der Waals surface area contributed by atoms with E-state index >= 15 is 0 Å². The quantitative estimate of drug-likeness (QED) is 0.891. The molecule has 0 saturated carbocycles. The predicted octanol–water partition coefficient (Wildman–Crippen LogP) is 2.46. The molecule has 0 radical (unpaired) electrons. The Hall–Kier alpha value is -1.50. The maximum Gasteiger partial charge on any atom is 0.390 e. The molecule has 1 aromatic rings. The van der Waals surface area contributed by atoms with Gasteiger partial charge in [0.15, 0.2) is 0 Å². The smallest absolute Gasteiger partial charge is 0.372 e. The highest BCUT2D eigenvalue weighted by Gasteiger charge is 2.26. The van der Waals surface area contributed by atoms with Crippen molar-refractivity contribution in [3.8, 4) is 0 Å². The molecular weight excluding hydrogens is 271 g/mol. The van der Waals surface area contributed by atoms with Gasteiger partial charge < -0.3 is 10.6 Å². The van der Waals surface area contributed by atoms with E-state index in [1.807, 2.05) is 0 Å². The summed E-state index contributed by atoms with van der Waals surface area (Å²) in [7, 11) is 1.61. The molecule has 1 aromatic heterocycles. The Kier molecular flexibility index (Phi) is 4.77. The van der Waals surface area contributed by atoms with E-state index in [1.54, 1.807) is 7.05 Å². The Balaban J connectivity index is 2.59. The highest BCUT2D eigenvalue weighted by Crippen LogP contribution is 2.20. The van der Waals surface area contributed by atoms with Crippen molar-refractivity contribution in [2.75, 3.05) is 18.9 Å². The molecule has 8 heteroatoms.